The monoisotopic (exact) mass is 364 g/mol. The molecule has 0 saturated carbocycles. The number of amides is 1. The van der Waals surface area contributed by atoms with Crippen molar-refractivity contribution in [2.45, 2.75) is 0 Å². The van der Waals surface area contributed by atoms with Crippen molar-refractivity contribution >= 4 is 23.2 Å². The Balaban J connectivity index is 1.43. The predicted molar refractivity (Wildman–Crippen MR) is 103 cm³/mol. The van der Waals surface area contributed by atoms with Crippen LogP contribution in [0.1, 0.15) is 10.4 Å². The van der Waals surface area contributed by atoms with E-state index in [1.165, 1.54) is 0 Å². The molecule has 2 aromatic heterocycles. The molecule has 0 unspecified atom stereocenters. The second-order valence-corrected chi connectivity index (χ2v) is 5.58. The summed E-state index contributed by atoms with van der Waals surface area (Å²) in [5.74, 6) is 1.76. The molecule has 27 heavy (non-hydrogen) atoms. The molecule has 8 nitrogen and oxygen atoms in total. The number of anilines is 3. The number of aromatic nitrogens is 3. The van der Waals surface area contributed by atoms with Gasteiger partial charge in [-0.1, -0.05) is 6.07 Å². The maximum absolute atomic E-state index is 12.1. The topological polar surface area (TPSA) is 101 Å². The van der Waals surface area contributed by atoms with E-state index < -0.39 is 0 Å². The Bertz CT molecular complexity index is 871. The molecule has 8 heteroatoms. The number of rotatable bonds is 8. The SMILES string of the molecule is COc1cccc(C(=O)NCCNc2ccc(Nc3ccncc3)nn2)c1. The van der Waals surface area contributed by atoms with E-state index in [0.29, 0.717) is 36.0 Å². The Hall–Kier alpha value is -3.68. The second-order valence-electron chi connectivity index (χ2n) is 5.58. The first-order valence-corrected chi connectivity index (χ1v) is 8.41. The highest BCUT2D eigenvalue weighted by molar-refractivity contribution is 5.94. The number of hydrogen-bond acceptors (Lipinski definition) is 7. The van der Waals surface area contributed by atoms with Crippen molar-refractivity contribution in [3.8, 4) is 5.75 Å². The quantitative estimate of drug-likeness (QED) is 0.528. The van der Waals surface area contributed by atoms with Crippen LogP contribution in [0.5, 0.6) is 5.75 Å². The van der Waals surface area contributed by atoms with Gasteiger partial charge in [0.15, 0.2) is 5.82 Å². The largest absolute Gasteiger partial charge is 0.497 e. The van der Waals surface area contributed by atoms with Gasteiger partial charge in [0.1, 0.15) is 11.6 Å². The molecule has 0 atom stereocenters. The number of methoxy groups -OCH3 is 1. The number of carbonyl (C=O) groups is 1. The summed E-state index contributed by atoms with van der Waals surface area (Å²) >= 11 is 0. The van der Waals surface area contributed by atoms with E-state index in [1.807, 2.05) is 24.3 Å². The normalized spacial score (nSPS) is 10.1. The number of pyridine rings is 1. The van der Waals surface area contributed by atoms with Crippen molar-refractivity contribution in [2.75, 3.05) is 30.8 Å². The van der Waals surface area contributed by atoms with E-state index in [-0.39, 0.29) is 5.91 Å². The van der Waals surface area contributed by atoms with Gasteiger partial charge in [0.25, 0.3) is 5.91 Å². The summed E-state index contributed by atoms with van der Waals surface area (Å²) in [6.07, 6.45) is 3.40. The lowest BCUT2D eigenvalue weighted by Gasteiger charge is -2.09. The van der Waals surface area contributed by atoms with Crippen molar-refractivity contribution in [3.05, 3.63) is 66.5 Å². The van der Waals surface area contributed by atoms with Gasteiger partial charge in [-0.15, -0.1) is 10.2 Å². The maximum Gasteiger partial charge on any atom is 0.251 e. The molecule has 0 aliphatic carbocycles. The van der Waals surface area contributed by atoms with Crippen molar-refractivity contribution in [3.63, 3.8) is 0 Å². The Kier molecular flexibility index (Phi) is 6.13. The number of hydrogen-bond donors (Lipinski definition) is 3. The van der Waals surface area contributed by atoms with Crippen LogP contribution >= 0.6 is 0 Å². The lowest BCUT2D eigenvalue weighted by molar-refractivity contribution is 0.0955. The van der Waals surface area contributed by atoms with Crippen LogP contribution in [0, 0.1) is 0 Å². The third-order valence-corrected chi connectivity index (χ3v) is 3.67. The fourth-order valence-corrected chi connectivity index (χ4v) is 2.31. The fraction of sp³-hybridized carbons (Fsp3) is 0.158. The van der Waals surface area contributed by atoms with Crippen LogP contribution in [0.2, 0.25) is 0 Å². The van der Waals surface area contributed by atoms with E-state index in [1.54, 1.807) is 43.8 Å². The standard InChI is InChI=1S/C19H20N6O2/c1-27-16-4-2-3-14(13-16)19(26)22-12-11-21-17-5-6-18(25-24-17)23-15-7-9-20-10-8-15/h2-10,13H,11-12H2,1H3,(H,21,24)(H,22,26)(H,20,23,25). The molecule has 0 bridgehead atoms. The summed E-state index contributed by atoms with van der Waals surface area (Å²) < 4.78 is 5.12. The summed E-state index contributed by atoms with van der Waals surface area (Å²) in [5, 5.41) is 17.3. The molecule has 0 aliphatic rings. The van der Waals surface area contributed by atoms with Crippen LogP contribution in [-0.4, -0.2) is 41.3 Å². The Morgan fingerprint density at radius 1 is 1.00 bits per heavy atom. The Morgan fingerprint density at radius 3 is 2.52 bits per heavy atom. The van der Waals surface area contributed by atoms with Crippen molar-refractivity contribution < 1.29 is 9.53 Å². The smallest absolute Gasteiger partial charge is 0.251 e. The first-order valence-electron chi connectivity index (χ1n) is 8.41. The maximum atomic E-state index is 12.1. The zero-order valence-electron chi connectivity index (χ0n) is 14.8. The lowest BCUT2D eigenvalue weighted by atomic mass is 10.2. The minimum absolute atomic E-state index is 0.154. The zero-order valence-corrected chi connectivity index (χ0v) is 14.8. The van der Waals surface area contributed by atoms with Gasteiger partial charge in [0, 0.05) is 36.7 Å². The highest BCUT2D eigenvalue weighted by Gasteiger charge is 2.06. The van der Waals surface area contributed by atoms with E-state index in [2.05, 4.69) is 31.1 Å². The van der Waals surface area contributed by atoms with Crippen LogP contribution < -0.4 is 20.7 Å². The van der Waals surface area contributed by atoms with E-state index in [4.69, 9.17) is 4.74 Å². The minimum atomic E-state index is -0.154. The van der Waals surface area contributed by atoms with Gasteiger partial charge in [-0.2, -0.15) is 0 Å². The molecule has 0 fully saturated rings. The van der Waals surface area contributed by atoms with Crippen LogP contribution in [0.15, 0.2) is 60.9 Å². The van der Waals surface area contributed by atoms with Gasteiger partial charge >= 0.3 is 0 Å². The van der Waals surface area contributed by atoms with E-state index >= 15 is 0 Å². The molecule has 3 rings (SSSR count). The summed E-state index contributed by atoms with van der Waals surface area (Å²) in [6, 6.07) is 14.4. The summed E-state index contributed by atoms with van der Waals surface area (Å²) in [5.41, 5.74) is 1.45. The average Bonchev–Trinajstić information content (AvgIpc) is 2.73. The fourth-order valence-electron chi connectivity index (χ4n) is 2.31. The zero-order chi connectivity index (χ0) is 18.9. The Morgan fingerprint density at radius 2 is 1.78 bits per heavy atom. The van der Waals surface area contributed by atoms with Gasteiger partial charge in [0.2, 0.25) is 0 Å². The molecule has 3 aromatic rings. The minimum Gasteiger partial charge on any atom is -0.497 e. The van der Waals surface area contributed by atoms with Gasteiger partial charge in [0.05, 0.1) is 7.11 Å². The van der Waals surface area contributed by atoms with Gasteiger partial charge in [-0.25, -0.2) is 0 Å². The van der Waals surface area contributed by atoms with Crippen LogP contribution in [0.4, 0.5) is 17.3 Å². The molecule has 0 spiro atoms. The first-order chi connectivity index (χ1) is 13.2. The number of nitrogens with one attached hydrogen (secondary N) is 3. The predicted octanol–water partition coefficient (Wildman–Crippen LogP) is 2.47. The summed E-state index contributed by atoms with van der Waals surface area (Å²) in [6.45, 7) is 0.982. The van der Waals surface area contributed by atoms with Crippen molar-refractivity contribution in [1.82, 2.24) is 20.5 Å². The molecule has 138 valence electrons. The van der Waals surface area contributed by atoms with Crippen molar-refractivity contribution in [1.29, 1.82) is 0 Å². The molecular weight excluding hydrogens is 344 g/mol. The average molecular weight is 364 g/mol. The summed E-state index contributed by atoms with van der Waals surface area (Å²) in [4.78, 5) is 16.1. The third-order valence-electron chi connectivity index (χ3n) is 3.67. The molecule has 2 heterocycles. The van der Waals surface area contributed by atoms with Crippen LogP contribution in [0.3, 0.4) is 0 Å². The summed E-state index contributed by atoms with van der Waals surface area (Å²) in [7, 11) is 1.57. The molecule has 0 radical (unpaired) electrons. The van der Waals surface area contributed by atoms with Crippen molar-refractivity contribution in [2.24, 2.45) is 0 Å². The Labute approximate surface area is 157 Å². The highest BCUT2D eigenvalue weighted by Crippen LogP contribution is 2.13. The highest BCUT2D eigenvalue weighted by atomic mass is 16.5. The third kappa shape index (κ3) is 5.40. The first kappa shape index (κ1) is 18.1. The number of nitrogens with zero attached hydrogens (tertiary/aromatic N) is 3. The molecule has 1 aromatic carbocycles. The van der Waals surface area contributed by atoms with Gasteiger partial charge in [-0.05, 0) is 42.5 Å². The van der Waals surface area contributed by atoms with Gasteiger partial charge < -0.3 is 20.7 Å². The lowest BCUT2D eigenvalue weighted by Crippen LogP contribution is -2.28. The molecule has 0 aliphatic heterocycles. The van der Waals surface area contributed by atoms with E-state index in [9.17, 15) is 4.79 Å². The molecular formula is C19H20N6O2. The van der Waals surface area contributed by atoms with Gasteiger partial charge in [-0.3, -0.25) is 9.78 Å². The second kappa shape index (κ2) is 9.14. The van der Waals surface area contributed by atoms with Crippen LogP contribution in [0.25, 0.3) is 0 Å². The number of ether oxygens (including phenoxy) is 1. The molecule has 3 N–H and O–H groups in total. The van der Waals surface area contributed by atoms with E-state index in [0.717, 1.165) is 5.69 Å². The molecule has 0 saturated heterocycles. The number of carbonyl (C=O) groups excluding carboxylic acids is 1. The molecule has 1 amide bonds. The van der Waals surface area contributed by atoms with Crippen LogP contribution in [-0.2, 0) is 0 Å². The number of benzene rings is 1.